The molecule has 0 aliphatic rings. The van der Waals surface area contributed by atoms with E-state index in [1.807, 2.05) is 13.0 Å². The van der Waals surface area contributed by atoms with Gasteiger partial charge in [-0.25, -0.2) is 4.79 Å². The van der Waals surface area contributed by atoms with Gasteiger partial charge in [-0.1, -0.05) is 23.2 Å². The SMILES string of the molecule is Cc1ccc2oc(-c3ccc(Cl)cc3)c(O[C@H](C)C(=O)O)c(=O)c2c1. The van der Waals surface area contributed by atoms with E-state index >= 15 is 0 Å². The average molecular weight is 359 g/mol. The Hall–Kier alpha value is -2.79. The molecule has 0 unspecified atom stereocenters. The highest BCUT2D eigenvalue weighted by Gasteiger charge is 2.22. The van der Waals surface area contributed by atoms with Crippen molar-refractivity contribution in [2.75, 3.05) is 0 Å². The largest absolute Gasteiger partial charge is 0.479 e. The number of benzene rings is 2. The van der Waals surface area contributed by atoms with Gasteiger partial charge in [0.1, 0.15) is 5.58 Å². The van der Waals surface area contributed by atoms with E-state index in [0.717, 1.165) is 5.56 Å². The predicted molar refractivity (Wildman–Crippen MR) is 95.4 cm³/mol. The van der Waals surface area contributed by atoms with Gasteiger partial charge in [0.15, 0.2) is 11.9 Å². The molecule has 3 aromatic rings. The molecular weight excluding hydrogens is 344 g/mol. The second kappa shape index (κ2) is 6.61. The standard InChI is InChI=1S/C19H15ClO5/c1-10-3-8-15-14(9-10)16(21)18(24-11(2)19(22)23)17(25-15)12-4-6-13(20)7-5-12/h3-9,11H,1-2H3,(H,22,23)/t11-/m1/s1. The number of aryl methyl sites for hydroxylation is 1. The van der Waals surface area contributed by atoms with Crippen LogP contribution in [0.4, 0.5) is 0 Å². The summed E-state index contributed by atoms with van der Waals surface area (Å²) in [6.45, 7) is 3.21. The third kappa shape index (κ3) is 3.37. The number of hydrogen-bond donors (Lipinski definition) is 1. The van der Waals surface area contributed by atoms with Gasteiger partial charge in [0.25, 0.3) is 0 Å². The van der Waals surface area contributed by atoms with Crippen LogP contribution in [0.2, 0.25) is 5.02 Å². The molecule has 3 rings (SSSR count). The Kier molecular flexibility index (Phi) is 4.51. The lowest BCUT2D eigenvalue weighted by atomic mass is 10.1. The van der Waals surface area contributed by atoms with Crippen LogP contribution in [0.5, 0.6) is 5.75 Å². The molecule has 1 N–H and O–H groups in total. The molecular formula is C19H15ClO5. The zero-order chi connectivity index (χ0) is 18.1. The minimum Gasteiger partial charge on any atom is -0.479 e. The highest BCUT2D eigenvalue weighted by Crippen LogP contribution is 2.32. The minimum atomic E-state index is -1.20. The van der Waals surface area contributed by atoms with Gasteiger partial charge in [0, 0.05) is 10.6 Å². The van der Waals surface area contributed by atoms with Crippen LogP contribution in [0.3, 0.4) is 0 Å². The van der Waals surface area contributed by atoms with Crippen molar-refractivity contribution in [3.8, 4) is 17.1 Å². The number of carbonyl (C=O) groups is 1. The van der Waals surface area contributed by atoms with Gasteiger partial charge in [-0.05, 0) is 50.2 Å². The van der Waals surface area contributed by atoms with Crippen LogP contribution in [-0.2, 0) is 4.79 Å². The van der Waals surface area contributed by atoms with Crippen molar-refractivity contribution in [2.24, 2.45) is 0 Å². The summed E-state index contributed by atoms with van der Waals surface area (Å²) < 4.78 is 11.3. The fourth-order valence-electron chi connectivity index (χ4n) is 2.42. The van der Waals surface area contributed by atoms with E-state index in [0.29, 0.717) is 21.6 Å². The first-order chi connectivity index (χ1) is 11.9. The molecule has 0 spiro atoms. The molecule has 1 heterocycles. The van der Waals surface area contributed by atoms with Crippen molar-refractivity contribution >= 4 is 28.5 Å². The number of rotatable bonds is 4. The number of ether oxygens (including phenoxy) is 1. The highest BCUT2D eigenvalue weighted by atomic mass is 35.5. The van der Waals surface area contributed by atoms with Crippen molar-refractivity contribution in [1.29, 1.82) is 0 Å². The van der Waals surface area contributed by atoms with E-state index in [1.165, 1.54) is 6.92 Å². The molecule has 0 aliphatic carbocycles. The molecule has 128 valence electrons. The Bertz CT molecular complexity index is 1000. The summed E-state index contributed by atoms with van der Waals surface area (Å²) in [4.78, 5) is 24.0. The van der Waals surface area contributed by atoms with Gasteiger partial charge in [-0.2, -0.15) is 0 Å². The maximum absolute atomic E-state index is 12.9. The van der Waals surface area contributed by atoms with E-state index in [2.05, 4.69) is 0 Å². The molecule has 1 aromatic heterocycles. The van der Waals surface area contributed by atoms with Crippen LogP contribution in [-0.4, -0.2) is 17.2 Å². The van der Waals surface area contributed by atoms with E-state index in [1.54, 1.807) is 36.4 Å². The number of hydrogen-bond acceptors (Lipinski definition) is 4. The maximum atomic E-state index is 12.9. The quantitative estimate of drug-likeness (QED) is 0.753. The lowest BCUT2D eigenvalue weighted by molar-refractivity contribution is -0.144. The first-order valence-corrected chi connectivity index (χ1v) is 7.97. The normalized spacial score (nSPS) is 12.1. The summed E-state index contributed by atoms with van der Waals surface area (Å²) in [5, 5.41) is 9.98. The maximum Gasteiger partial charge on any atom is 0.344 e. The zero-order valence-electron chi connectivity index (χ0n) is 13.6. The van der Waals surface area contributed by atoms with E-state index < -0.39 is 17.5 Å². The number of fused-ring (bicyclic) bond motifs is 1. The third-order valence-corrected chi connectivity index (χ3v) is 4.00. The fraction of sp³-hybridized carbons (Fsp3) is 0.158. The van der Waals surface area contributed by atoms with Crippen LogP contribution in [0, 0.1) is 6.92 Å². The number of carboxylic acid groups (broad SMARTS) is 1. The number of carboxylic acids is 1. The van der Waals surface area contributed by atoms with Crippen LogP contribution in [0.1, 0.15) is 12.5 Å². The monoisotopic (exact) mass is 358 g/mol. The average Bonchev–Trinajstić information content (AvgIpc) is 2.58. The topological polar surface area (TPSA) is 76.7 Å². The summed E-state index contributed by atoms with van der Waals surface area (Å²) in [6, 6.07) is 11.9. The number of aliphatic carboxylic acids is 1. The van der Waals surface area contributed by atoms with E-state index in [-0.39, 0.29) is 11.5 Å². The summed E-state index contributed by atoms with van der Waals surface area (Å²) in [6.07, 6.45) is -1.20. The second-order valence-corrected chi connectivity index (χ2v) is 6.13. The molecule has 2 aromatic carbocycles. The molecule has 0 saturated heterocycles. The Morgan fingerprint density at radius 3 is 2.52 bits per heavy atom. The van der Waals surface area contributed by atoms with Gasteiger partial charge in [-0.3, -0.25) is 4.79 Å². The molecule has 0 bridgehead atoms. The van der Waals surface area contributed by atoms with E-state index in [4.69, 9.17) is 25.9 Å². The Balaban J connectivity index is 2.29. The van der Waals surface area contributed by atoms with Crippen molar-refractivity contribution < 1.29 is 19.1 Å². The minimum absolute atomic E-state index is 0.129. The van der Waals surface area contributed by atoms with Crippen molar-refractivity contribution in [1.82, 2.24) is 0 Å². The van der Waals surface area contributed by atoms with Gasteiger partial charge in [-0.15, -0.1) is 0 Å². The smallest absolute Gasteiger partial charge is 0.344 e. The summed E-state index contributed by atoms with van der Waals surface area (Å²) in [5.74, 6) is -1.13. The third-order valence-electron chi connectivity index (χ3n) is 3.75. The van der Waals surface area contributed by atoms with Crippen molar-refractivity contribution in [3.63, 3.8) is 0 Å². The first-order valence-electron chi connectivity index (χ1n) is 7.59. The molecule has 0 saturated carbocycles. The second-order valence-electron chi connectivity index (χ2n) is 5.69. The Labute approximate surface area is 148 Å². The van der Waals surface area contributed by atoms with Gasteiger partial charge >= 0.3 is 5.97 Å². The predicted octanol–water partition coefficient (Wildman–Crippen LogP) is 4.27. The summed E-state index contributed by atoms with van der Waals surface area (Å²) in [5.41, 5.74) is 1.44. The zero-order valence-corrected chi connectivity index (χ0v) is 14.3. The fourth-order valence-corrected chi connectivity index (χ4v) is 2.54. The van der Waals surface area contributed by atoms with Gasteiger partial charge in [0.05, 0.1) is 5.39 Å². The number of halogens is 1. The highest BCUT2D eigenvalue weighted by molar-refractivity contribution is 6.30. The molecule has 1 atom stereocenters. The van der Waals surface area contributed by atoms with Crippen LogP contribution >= 0.6 is 11.6 Å². The molecule has 25 heavy (non-hydrogen) atoms. The summed E-state index contributed by atoms with van der Waals surface area (Å²) >= 11 is 5.91. The molecule has 5 nitrogen and oxygen atoms in total. The van der Waals surface area contributed by atoms with Crippen molar-refractivity contribution in [2.45, 2.75) is 20.0 Å². The molecule has 0 amide bonds. The van der Waals surface area contributed by atoms with Crippen LogP contribution in [0.15, 0.2) is 51.7 Å². The Morgan fingerprint density at radius 2 is 1.88 bits per heavy atom. The van der Waals surface area contributed by atoms with Crippen LogP contribution < -0.4 is 10.2 Å². The van der Waals surface area contributed by atoms with E-state index in [9.17, 15) is 9.59 Å². The molecule has 0 fully saturated rings. The molecule has 6 heteroatoms. The lowest BCUT2D eigenvalue weighted by Crippen LogP contribution is -2.26. The molecule has 0 radical (unpaired) electrons. The van der Waals surface area contributed by atoms with Gasteiger partial charge < -0.3 is 14.3 Å². The van der Waals surface area contributed by atoms with Crippen LogP contribution in [0.25, 0.3) is 22.3 Å². The first kappa shape index (κ1) is 17.0. The summed E-state index contributed by atoms with van der Waals surface area (Å²) in [7, 11) is 0. The lowest BCUT2D eigenvalue weighted by Gasteiger charge is -2.14. The van der Waals surface area contributed by atoms with Crippen molar-refractivity contribution in [3.05, 3.63) is 63.3 Å². The Morgan fingerprint density at radius 1 is 1.20 bits per heavy atom. The van der Waals surface area contributed by atoms with Gasteiger partial charge in [0.2, 0.25) is 11.2 Å². The molecule has 0 aliphatic heterocycles.